The van der Waals surface area contributed by atoms with Gasteiger partial charge in [0.05, 0.1) is 29.1 Å². The van der Waals surface area contributed by atoms with Gasteiger partial charge in [-0.25, -0.2) is 0 Å². The lowest BCUT2D eigenvalue weighted by Gasteiger charge is -2.39. The van der Waals surface area contributed by atoms with Crippen LogP contribution in [0.5, 0.6) is 5.75 Å². The molecule has 0 heterocycles. The quantitative estimate of drug-likeness (QED) is 0.692. The summed E-state index contributed by atoms with van der Waals surface area (Å²) in [5.74, 6) is 0.679. The van der Waals surface area contributed by atoms with E-state index in [1.54, 1.807) is 13.8 Å². The molecule has 1 aromatic carbocycles. The molecule has 0 amide bonds. The molecule has 19 heavy (non-hydrogen) atoms. The number of rotatable bonds is 6. The lowest BCUT2D eigenvalue weighted by atomic mass is 9.85. The summed E-state index contributed by atoms with van der Waals surface area (Å²) in [5, 5.41) is 13.5. The second kappa shape index (κ2) is 5.70. The molecule has 0 aliphatic carbocycles. The van der Waals surface area contributed by atoms with Gasteiger partial charge >= 0.3 is 0 Å². The Hall–Kier alpha value is -1.42. The Labute approximate surface area is 116 Å². The summed E-state index contributed by atoms with van der Waals surface area (Å²) in [6, 6.07) is 5.64. The summed E-state index contributed by atoms with van der Waals surface area (Å²) >= 11 is 0. The molecular weight excluding hydrogens is 240 g/mol. The SMILES string of the molecule is CCCOc1cccc(NC(C)(C)C(C)(C)O)c1N. The van der Waals surface area contributed by atoms with Crippen LogP contribution < -0.4 is 15.8 Å². The van der Waals surface area contributed by atoms with Crippen molar-refractivity contribution < 1.29 is 9.84 Å². The van der Waals surface area contributed by atoms with Crippen LogP contribution in [0.1, 0.15) is 41.0 Å². The first-order chi connectivity index (χ1) is 8.69. The van der Waals surface area contributed by atoms with Crippen molar-refractivity contribution in [3.05, 3.63) is 18.2 Å². The Morgan fingerprint density at radius 1 is 1.26 bits per heavy atom. The summed E-state index contributed by atoms with van der Waals surface area (Å²) in [4.78, 5) is 0. The third kappa shape index (κ3) is 3.77. The van der Waals surface area contributed by atoms with E-state index in [1.807, 2.05) is 32.0 Å². The molecule has 4 N–H and O–H groups in total. The van der Waals surface area contributed by atoms with E-state index in [1.165, 1.54) is 0 Å². The summed E-state index contributed by atoms with van der Waals surface area (Å²) in [5.41, 5.74) is 6.08. The van der Waals surface area contributed by atoms with Crippen molar-refractivity contribution in [3.63, 3.8) is 0 Å². The van der Waals surface area contributed by atoms with Gasteiger partial charge in [-0.3, -0.25) is 0 Å². The highest BCUT2D eigenvalue weighted by atomic mass is 16.5. The highest BCUT2D eigenvalue weighted by molar-refractivity contribution is 5.73. The van der Waals surface area contributed by atoms with Crippen molar-refractivity contribution >= 4 is 11.4 Å². The molecule has 0 saturated heterocycles. The van der Waals surface area contributed by atoms with Crippen LogP contribution in [0, 0.1) is 0 Å². The maximum absolute atomic E-state index is 10.2. The van der Waals surface area contributed by atoms with E-state index in [-0.39, 0.29) is 0 Å². The number of nitrogens with two attached hydrogens (primary N) is 1. The number of benzene rings is 1. The van der Waals surface area contributed by atoms with Crippen molar-refractivity contribution in [1.29, 1.82) is 0 Å². The smallest absolute Gasteiger partial charge is 0.144 e. The lowest BCUT2D eigenvalue weighted by Crippen LogP contribution is -2.51. The Balaban J connectivity index is 2.96. The van der Waals surface area contributed by atoms with Crippen molar-refractivity contribution in [2.45, 2.75) is 52.2 Å². The van der Waals surface area contributed by atoms with Gasteiger partial charge in [0.1, 0.15) is 5.75 Å². The van der Waals surface area contributed by atoms with Crippen molar-refractivity contribution in [3.8, 4) is 5.75 Å². The number of aliphatic hydroxyl groups is 1. The number of hydrogen-bond acceptors (Lipinski definition) is 4. The Morgan fingerprint density at radius 2 is 1.89 bits per heavy atom. The molecule has 0 bridgehead atoms. The molecule has 0 aromatic heterocycles. The summed E-state index contributed by atoms with van der Waals surface area (Å²) < 4.78 is 5.60. The van der Waals surface area contributed by atoms with Gasteiger partial charge in [0.15, 0.2) is 0 Å². The summed E-state index contributed by atoms with van der Waals surface area (Å²) in [7, 11) is 0. The normalized spacial score (nSPS) is 12.3. The van der Waals surface area contributed by atoms with E-state index in [0.29, 0.717) is 18.0 Å². The first-order valence-electron chi connectivity index (χ1n) is 6.71. The zero-order chi connectivity index (χ0) is 14.7. The average Bonchev–Trinajstić information content (AvgIpc) is 2.28. The highest BCUT2D eigenvalue weighted by Crippen LogP contribution is 2.34. The van der Waals surface area contributed by atoms with Crippen LogP contribution in [0.15, 0.2) is 18.2 Å². The van der Waals surface area contributed by atoms with E-state index in [2.05, 4.69) is 12.2 Å². The van der Waals surface area contributed by atoms with Crippen LogP contribution in [0.4, 0.5) is 11.4 Å². The minimum atomic E-state index is -0.875. The first kappa shape index (κ1) is 15.6. The van der Waals surface area contributed by atoms with Gasteiger partial charge in [0, 0.05) is 0 Å². The van der Waals surface area contributed by atoms with Gasteiger partial charge < -0.3 is 20.9 Å². The molecule has 4 nitrogen and oxygen atoms in total. The molecule has 0 saturated carbocycles. The van der Waals surface area contributed by atoms with Gasteiger partial charge in [-0.15, -0.1) is 0 Å². The fourth-order valence-electron chi connectivity index (χ4n) is 1.48. The second-order valence-corrected chi connectivity index (χ2v) is 5.87. The predicted octanol–water partition coefficient (Wildman–Crippen LogP) is 3.02. The van der Waals surface area contributed by atoms with Gasteiger partial charge in [-0.2, -0.15) is 0 Å². The van der Waals surface area contributed by atoms with Crippen molar-refractivity contribution in [2.75, 3.05) is 17.7 Å². The molecular formula is C15H26N2O2. The van der Waals surface area contributed by atoms with E-state index >= 15 is 0 Å². The fourth-order valence-corrected chi connectivity index (χ4v) is 1.48. The van der Waals surface area contributed by atoms with Gasteiger partial charge in [-0.05, 0) is 46.2 Å². The second-order valence-electron chi connectivity index (χ2n) is 5.87. The van der Waals surface area contributed by atoms with Crippen LogP contribution in [0.25, 0.3) is 0 Å². The summed E-state index contributed by atoms with van der Waals surface area (Å²) in [6.45, 7) is 10.1. The molecule has 1 aromatic rings. The van der Waals surface area contributed by atoms with E-state index < -0.39 is 11.1 Å². The minimum absolute atomic E-state index is 0.509. The van der Waals surface area contributed by atoms with Crippen LogP contribution in [0.2, 0.25) is 0 Å². The molecule has 0 fully saturated rings. The molecule has 108 valence electrons. The minimum Gasteiger partial charge on any atom is -0.491 e. The number of nitrogen functional groups attached to an aromatic ring is 1. The van der Waals surface area contributed by atoms with E-state index in [4.69, 9.17) is 10.5 Å². The topological polar surface area (TPSA) is 67.5 Å². The molecule has 0 spiro atoms. The number of anilines is 2. The van der Waals surface area contributed by atoms with Gasteiger partial charge in [0.2, 0.25) is 0 Å². The maximum Gasteiger partial charge on any atom is 0.144 e. The van der Waals surface area contributed by atoms with Crippen LogP contribution >= 0.6 is 0 Å². The lowest BCUT2D eigenvalue weighted by molar-refractivity contribution is 0.0241. The van der Waals surface area contributed by atoms with Crippen LogP contribution in [-0.2, 0) is 0 Å². The first-order valence-corrected chi connectivity index (χ1v) is 6.71. The maximum atomic E-state index is 10.2. The zero-order valence-corrected chi connectivity index (χ0v) is 12.6. The zero-order valence-electron chi connectivity index (χ0n) is 12.6. The van der Waals surface area contributed by atoms with E-state index in [9.17, 15) is 5.11 Å². The molecule has 0 radical (unpaired) electrons. The van der Waals surface area contributed by atoms with Gasteiger partial charge in [0.25, 0.3) is 0 Å². The van der Waals surface area contributed by atoms with Crippen LogP contribution in [-0.4, -0.2) is 22.9 Å². The van der Waals surface area contributed by atoms with E-state index in [0.717, 1.165) is 12.1 Å². The largest absolute Gasteiger partial charge is 0.491 e. The fraction of sp³-hybridized carbons (Fsp3) is 0.600. The van der Waals surface area contributed by atoms with Crippen molar-refractivity contribution in [1.82, 2.24) is 0 Å². The third-order valence-electron chi connectivity index (χ3n) is 3.50. The molecule has 4 heteroatoms. The standard InChI is InChI=1S/C15H26N2O2/c1-6-10-19-12-9-7-8-11(13(12)16)17-14(2,3)15(4,5)18/h7-9,17-18H,6,10,16H2,1-5H3. The third-order valence-corrected chi connectivity index (χ3v) is 3.50. The molecule has 0 atom stereocenters. The molecule has 0 aliphatic rings. The Morgan fingerprint density at radius 3 is 2.42 bits per heavy atom. The monoisotopic (exact) mass is 266 g/mol. The molecule has 0 unspecified atom stereocenters. The van der Waals surface area contributed by atoms with Crippen LogP contribution in [0.3, 0.4) is 0 Å². The Bertz CT molecular complexity index is 423. The van der Waals surface area contributed by atoms with Gasteiger partial charge in [-0.1, -0.05) is 13.0 Å². The molecule has 1 rings (SSSR count). The Kier molecular flexibility index (Phi) is 4.69. The predicted molar refractivity (Wildman–Crippen MR) is 80.6 cm³/mol. The number of hydrogen-bond donors (Lipinski definition) is 3. The molecule has 0 aliphatic heterocycles. The highest BCUT2D eigenvalue weighted by Gasteiger charge is 2.35. The summed E-state index contributed by atoms with van der Waals surface area (Å²) in [6.07, 6.45) is 0.937. The number of nitrogens with one attached hydrogen (secondary N) is 1. The average molecular weight is 266 g/mol. The number of para-hydroxylation sites is 1. The number of ether oxygens (including phenoxy) is 1. The van der Waals surface area contributed by atoms with Crippen molar-refractivity contribution in [2.24, 2.45) is 0 Å².